The molecule has 3 aromatic rings. The number of fused-ring (bicyclic) bond motifs is 1. The number of benzene rings is 1. The maximum atomic E-state index is 13.0. The van der Waals surface area contributed by atoms with Gasteiger partial charge in [0.2, 0.25) is 0 Å². The van der Waals surface area contributed by atoms with Crippen molar-refractivity contribution in [3.63, 3.8) is 0 Å². The van der Waals surface area contributed by atoms with E-state index >= 15 is 0 Å². The lowest BCUT2D eigenvalue weighted by atomic mass is 10.0. The Labute approximate surface area is 189 Å². The van der Waals surface area contributed by atoms with Gasteiger partial charge < -0.3 is 14.7 Å². The van der Waals surface area contributed by atoms with Gasteiger partial charge in [0.15, 0.2) is 5.82 Å². The summed E-state index contributed by atoms with van der Waals surface area (Å²) in [5.41, 5.74) is 3.14. The van der Waals surface area contributed by atoms with Crippen LogP contribution in [0.4, 0.5) is 10.6 Å². The number of rotatable bonds is 2. The molecule has 32 heavy (non-hydrogen) atoms. The Hall–Kier alpha value is -3.22. The second kappa shape index (κ2) is 8.73. The third kappa shape index (κ3) is 3.87. The summed E-state index contributed by atoms with van der Waals surface area (Å²) < 4.78 is 0. The molecule has 2 aliphatic rings. The summed E-state index contributed by atoms with van der Waals surface area (Å²) >= 11 is 0. The minimum Gasteiger partial charge on any atom is -0.351 e. The van der Waals surface area contributed by atoms with Crippen molar-refractivity contribution in [1.82, 2.24) is 25.0 Å². The number of aryl methyl sites for hydroxylation is 1. The highest BCUT2D eigenvalue weighted by Gasteiger charge is 2.32. The number of amides is 2. The van der Waals surface area contributed by atoms with Crippen LogP contribution in [-0.4, -0.2) is 69.8 Å². The van der Waals surface area contributed by atoms with E-state index in [1.165, 1.54) is 12.0 Å². The van der Waals surface area contributed by atoms with Crippen LogP contribution in [-0.2, 0) is 0 Å². The number of carbonyl (C=O) groups excluding carboxylic acids is 1. The van der Waals surface area contributed by atoms with Crippen LogP contribution >= 0.6 is 0 Å². The first-order chi connectivity index (χ1) is 15.6. The van der Waals surface area contributed by atoms with Gasteiger partial charge in [-0.3, -0.25) is 4.98 Å². The van der Waals surface area contributed by atoms with E-state index < -0.39 is 0 Å². The number of anilines is 1. The first-order valence-electron chi connectivity index (χ1n) is 11.6. The largest absolute Gasteiger partial charge is 0.351 e. The molecule has 0 N–H and O–H groups in total. The lowest BCUT2D eigenvalue weighted by Gasteiger charge is -2.43. The van der Waals surface area contributed by atoms with Crippen molar-refractivity contribution in [2.45, 2.75) is 39.2 Å². The molecule has 7 heteroatoms. The Morgan fingerprint density at radius 1 is 0.938 bits per heavy atom. The topological polar surface area (TPSA) is 65.5 Å². The van der Waals surface area contributed by atoms with E-state index in [1.54, 1.807) is 0 Å². The predicted molar refractivity (Wildman–Crippen MR) is 127 cm³/mol. The van der Waals surface area contributed by atoms with Crippen molar-refractivity contribution < 1.29 is 4.79 Å². The van der Waals surface area contributed by atoms with Crippen molar-refractivity contribution in [3.8, 4) is 11.3 Å². The number of carbonyl (C=O) groups is 1. The molecule has 0 saturated carbocycles. The van der Waals surface area contributed by atoms with Gasteiger partial charge >= 0.3 is 6.03 Å². The summed E-state index contributed by atoms with van der Waals surface area (Å²) in [4.78, 5) is 23.7. The highest BCUT2D eigenvalue weighted by Crippen LogP contribution is 2.32. The number of pyridine rings is 1. The second-order valence-electron chi connectivity index (χ2n) is 8.98. The van der Waals surface area contributed by atoms with Crippen LogP contribution in [0.5, 0.6) is 0 Å². The van der Waals surface area contributed by atoms with Gasteiger partial charge in [0.25, 0.3) is 0 Å². The van der Waals surface area contributed by atoms with Crippen molar-refractivity contribution in [3.05, 3.63) is 48.3 Å². The lowest BCUT2D eigenvalue weighted by Crippen LogP contribution is -2.58. The van der Waals surface area contributed by atoms with E-state index in [1.807, 2.05) is 28.3 Å². The number of hydrogen-bond acceptors (Lipinski definition) is 5. The molecular formula is C25H30N6O. The molecule has 2 aromatic heterocycles. The average molecular weight is 431 g/mol. The predicted octanol–water partition coefficient (Wildman–Crippen LogP) is 4.12. The summed E-state index contributed by atoms with van der Waals surface area (Å²) in [6, 6.07) is 10.7. The van der Waals surface area contributed by atoms with Gasteiger partial charge in [-0.15, -0.1) is 10.2 Å². The van der Waals surface area contributed by atoms with Crippen molar-refractivity contribution >= 4 is 22.6 Å². The fourth-order valence-corrected chi connectivity index (χ4v) is 4.84. The molecule has 0 bridgehead atoms. The Morgan fingerprint density at radius 2 is 1.72 bits per heavy atom. The second-order valence-corrected chi connectivity index (χ2v) is 8.98. The zero-order valence-corrected chi connectivity index (χ0v) is 18.9. The zero-order chi connectivity index (χ0) is 22.1. The van der Waals surface area contributed by atoms with Crippen molar-refractivity contribution in [1.29, 1.82) is 0 Å². The molecule has 166 valence electrons. The van der Waals surface area contributed by atoms with Gasteiger partial charge in [0, 0.05) is 67.5 Å². The number of piperazine rings is 1. The fraction of sp³-hybridized carbons (Fsp3) is 0.440. The number of hydrogen-bond donors (Lipinski definition) is 0. The van der Waals surface area contributed by atoms with E-state index in [2.05, 4.69) is 58.2 Å². The molecule has 0 spiro atoms. The van der Waals surface area contributed by atoms with Crippen LogP contribution in [0.2, 0.25) is 0 Å². The standard InChI is InChI=1S/C25H30N6O/c1-18-6-8-20(9-7-18)23-21-10-11-26-16-22(21)24(28-27-23)30-14-15-31(19(2)17-30)25(32)29-12-4-3-5-13-29/h6-11,16,19H,3-5,12-15,17H2,1-2H3. The Morgan fingerprint density at radius 3 is 2.47 bits per heavy atom. The molecule has 1 aromatic carbocycles. The number of aromatic nitrogens is 3. The number of nitrogens with zero attached hydrogens (tertiary/aromatic N) is 6. The number of likely N-dealkylation sites (tertiary alicyclic amines) is 1. The van der Waals surface area contributed by atoms with E-state index in [4.69, 9.17) is 0 Å². The maximum Gasteiger partial charge on any atom is 0.320 e. The van der Waals surface area contributed by atoms with Crippen LogP contribution in [0.25, 0.3) is 22.0 Å². The molecule has 1 unspecified atom stereocenters. The molecular weight excluding hydrogens is 400 g/mol. The Kier molecular flexibility index (Phi) is 5.64. The molecule has 2 amide bonds. The van der Waals surface area contributed by atoms with Gasteiger partial charge in [0.1, 0.15) is 5.69 Å². The molecule has 2 aliphatic heterocycles. The Balaban J connectivity index is 1.40. The molecule has 0 aliphatic carbocycles. The number of piperidine rings is 1. The summed E-state index contributed by atoms with van der Waals surface area (Å²) in [5.74, 6) is 0.848. The molecule has 7 nitrogen and oxygen atoms in total. The summed E-state index contributed by atoms with van der Waals surface area (Å²) in [6.45, 7) is 8.15. The molecule has 2 saturated heterocycles. The summed E-state index contributed by atoms with van der Waals surface area (Å²) in [7, 11) is 0. The van der Waals surface area contributed by atoms with Crippen molar-refractivity contribution in [2.24, 2.45) is 0 Å². The molecule has 5 rings (SSSR count). The van der Waals surface area contributed by atoms with Gasteiger partial charge in [-0.25, -0.2) is 4.79 Å². The van der Waals surface area contributed by atoms with E-state index in [0.29, 0.717) is 6.54 Å². The van der Waals surface area contributed by atoms with Gasteiger partial charge in [-0.05, 0) is 39.2 Å². The van der Waals surface area contributed by atoms with Gasteiger partial charge in [0.05, 0.1) is 0 Å². The quantitative estimate of drug-likeness (QED) is 0.612. The zero-order valence-electron chi connectivity index (χ0n) is 18.9. The van der Waals surface area contributed by atoms with Crippen LogP contribution in [0.1, 0.15) is 31.7 Å². The minimum absolute atomic E-state index is 0.114. The fourth-order valence-electron chi connectivity index (χ4n) is 4.84. The van der Waals surface area contributed by atoms with Gasteiger partial charge in [-0.2, -0.15) is 0 Å². The van der Waals surface area contributed by atoms with Crippen LogP contribution < -0.4 is 4.90 Å². The number of urea groups is 1. The van der Waals surface area contributed by atoms with Crippen LogP contribution in [0, 0.1) is 6.92 Å². The SMILES string of the molecule is Cc1ccc(-c2nnc(N3CCN(C(=O)N4CCCCC4)C(C)C3)c3cnccc23)cc1. The highest BCUT2D eigenvalue weighted by molar-refractivity contribution is 5.99. The van der Waals surface area contributed by atoms with E-state index in [-0.39, 0.29) is 12.1 Å². The normalized spacial score (nSPS) is 19.4. The lowest BCUT2D eigenvalue weighted by molar-refractivity contribution is 0.123. The average Bonchev–Trinajstić information content (AvgIpc) is 2.84. The molecule has 1 atom stereocenters. The van der Waals surface area contributed by atoms with E-state index in [0.717, 1.165) is 66.9 Å². The maximum absolute atomic E-state index is 13.0. The molecule has 2 fully saturated rings. The van der Waals surface area contributed by atoms with Crippen molar-refractivity contribution in [2.75, 3.05) is 37.6 Å². The Bertz CT molecular complexity index is 1110. The third-order valence-electron chi connectivity index (χ3n) is 6.69. The smallest absolute Gasteiger partial charge is 0.320 e. The minimum atomic E-state index is 0.114. The molecule has 0 radical (unpaired) electrons. The molecule has 4 heterocycles. The van der Waals surface area contributed by atoms with Crippen LogP contribution in [0.3, 0.4) is 0 Å². The summed E-state index contributed by atoms with van der Waals surface area (Å²) in [6.07, 6.45) is 7.14. The third-order valence-corrected chi connectivity index (χ3v) is 6.69. The van der Waals surface area contributed by atoms with Crippen LogP contribution in [0.15, 0.2) is 42.7 Å². The first kappa shape index (κ1) is 20.7. The van der Waals surface area contributed by atoms with E-state index in [9.17, 15) is 4.79 Å². The first-order valence-corrected chi connectivity index (χ1v) is 11.6. The summed E-state index contributed by atoms with van der Waals surface area (Å²) in [5, 5.41) is 11.3. The highest BCUT2D eigenvalue weighted by atomic mass is 16.2. The van der Waals surface area contributed by atoms with Gasteiger partial charge in [-0.1, -0.05) is 29.8 Å². The monoisotopic (exact) mass is 430 g/mol.